The summed E-state index contributed by atoms with van der Waals surface area (Å²) in [6.07, 6.45) is 21.0. The Morgan fingerprint density at radius 1 is 0.724 bits per heavy atom. The third kappa shape index (κ3) is 5.45. The first-order chi connectivity index (χ1) is 28.6. The molecule has 3 aliphatic rings. The van der Waals surface area contributed by atoms with Gasteiger partial charge in [-0.2, -0.15) is 0 Å². The van der Waals surface area contributed by atoms with Crippen LogP contribution in [0.4, 0.5) is 0 Å². The highest BCUT2D eigenvalue weighted by Crippen LogP contribution is 2.69. The highest BCUT2D eigenvalue weighted by Gasteiger charge is 2.61. The first kappa shape index (κ1) is 34.0. The molecule has 3 aromatic carbocycles. The normalized spacial score (nSPS) is 17.8. The molecule has 2 atom stereocenters. The van der Waals surface area contributed by atoms with Crippen LogP contribution in [0.3, 0.4) is 0 Å². The summed E-state index contributed by atoms with van der Waals surface area (Å²) in [5.41, 5.74) is 14.6. The van der Waals surface area contributed by atoms with Crippen LogP contribution in [0.5, 0.6) is 0 Å². The fraction of sp³-hybridized carbons (Fsp3) is 0.118. The second-order valence-electron chi connectivity index (χ2n) is 15.3. The van der Waals surface area contributed by atoms with Crippen molar-refractivity contribution in [2.24, 2.45) is 0 Å². The summed E-state index contributed by atoms with van der Waals surface area (Å²) in [5, 5.41) is 2.03. The van der Waals surface area contributed by atoms with Gasteiger partial charge in [-0.15, -0.1) is 0 Å². The summed E-state index contributed by atoms with van der Waals surface area (Å²) in [6, 6.07) is 34.1. The Bertz CT molecular complexity index is 3090. The lowest BCUT2D eigenvalue weighted by atomic mass is 9.78. The van der Waals surface area contributed by atoms with Gasteiger partial charge in [-0.3, -0.25) is 19.9 Å². The smallest absolute Gasteiger partial charge is 0.164 e. The van der Waals surface area contributed by atoms with Crippen molar-refractivity contribution in [3.05, 3.63) is 192 Å². The monoisotopic (exact) mass is 747 g/mol. The number of benzene rings is 3. The highest BCUT2D eigenvalue weighted by molar-refractivity contribution is 6.08. The third-order valence-corrected chi connectivity index (χ3v) is 12.1. The van der Waals surface area contributed by atoms with Gasteiger partial charge < -0.3 is 0 Å². The highest BCUT2D eigenvalue weighted by atomic mass is 15.0. The van der Waals surface area contributed by atoms with Crippen LogP contribution in [0.1, 0.15) is 64.9 Å². The molecule has 276 valence electrons. The van der Waals surface area contributed by atoms with Crippen molar-refractivity contribution < 1.29 is 0 Å². The lowest BCUT2D eigenvalue weighted by Crippen LogP contribution is -2.18. The molecule has 5 aromatic heterocycles. The van der Waals surface area contributed by atoms with E-state index in [0.29, 0.717) is 23.4 Å². The summed E-state index contributed by atoms with van der Waals surface area (Å²) in [4.78, 5) is 34.3. The lowest BCUT2D eigenvalue weighted by Gasteiger charge is -2.26. The molecule has 11 rings (SSSR count). The molecular formula is C51H37N7. The van der Waals surface area contributed by atoms with E-state index in [9.17, 15) is 0 Å². The van der Waals surface area contributed by atoms with Crippen molar-refractivity contribution in [2.75, 3.05) is 0 Å². The molecule has 0 bridgehead atoms. The molecule has 3 aliphatic carbocycles. The molecule has 1 fully saturated rings. The minimum Gasteiger partial charge on any atom is -0.254 e. The van der Waals surface area contributed by atoms with Gasteiger partial charge in [0.1, 0.15) is 0 Å². The molecule has 0 amide bonds. The van der Waals surface area contributed by atoms with Crippen molar-refractivity contribution >= 4 is 39.0 Å². The number of fused-ring (bicyclic) bond motifs is 10. The average molecular weight is 748 g/mol. The molecule has 2 unspecified atom stereocenters. The first-order valence-electron chi connectivity index (χ1n) is 19.8. The van der Waals surface area contributed by atoms with Gasteiger partial charge in [-0.1, -0.05) is 97.6 Å². The molecule has 0 spiro atoms. The molecule has 0 N–H and O–H groups in total. The van der Waals surface area contributed by atoms with Gasteiger partial charge >= 0.3 is 0 Å². The predicted molar refractivity (Wildman–Crippen MR) is 233 cm³/mol. The zero-order valence-electron chi connectivity index (χ0n) is 32.0. The van der Waals surface area contributed by atoms with Gasteiger partial charge in [0.15, 0.2) is 17.5 Å². The number of rotatable bonds is 7. The van der Waals surface area contributed by atoms with Crippen molar-refractivity contribution in [1.29, 1.82) is 0 Å². The maximum absolute atomic E-state index is 5.15. The Morgan fingerprint density at radius 3 is 2.33 bits per heavy atom. The third-order valence-electron chi connectivity index (χ3n) is 12.1. The van der Waals surface area contributed by atoms with Gasteiger partial charge in [0, 0.05) is 63.6 Å². The molecule has 0 radical (unpaired) electrons. The van der Waals surface area contributed by atoms with Crippen LogP contribution in [-0.2, 0) is 11.8 Å². The maximum Gasteiger partial charge on any atom is 0.164 e. The molecule has 7 heteroatoms. The summed E-state index contributed by atoms with van der Waals surface area (Å²) in [7, 11) is 0. The molecular weight excluding hydrogens is 711 g/mol. The second kappa shape index (κ2) is 13.5. The maximum atomic E-state index is 5.15. The predicted octanol–water partition coefficient (Wildman–Crippen LogP) is 11.2. The van der Waals surface area contributed by atoms with Crippen LogP contribution in [-0.4, -0.2) is 34.9 Å². The van der Waals surface area contributed by atoms with Crippen molar-refractivity contribution in [3.63, 3.8) is 0 Å². The number of pyridine rings is 4. The summed E-state index contributed by atoms with van der Waals surface area (Å²) < 4.78 is 0. The molecule has 0 saturated heterocycles. The van der Waals surface area contributed by atoms with E-state index in [0.717, 1.165) is 80.3 Å². The Labute approximate surface area is 336 Å². The molecule has 8 aromatic rings. The molecule has 5 heterocycles. The zero-order chi connectivity index (χ0) is 38.8. The topological polar surface area (TPSA) is 90.2 Å². The minimum absolute atomic E-state index is 0.126. The summed E-state index contributed by atoms with van der Waals surface area (Å²) in [5.74, 6) is 2.23. The first-order valence-corrected chi connectivity index (χ1v) is 19.8. The van der Waals surface area contributed by atoms with E-state index >= 15 is 0 Å². The second-order valence-corrected chi connectivity index (χ2v) is 15.3. The van der Waals surface area contributed by atoms with Gasteiger partial charge in [0.05, 0.1) is 22.4 Å². The molecule has 0 aliphatic heterocycles. The lowest BCUT2D eigenvalue weighted by molar-refractivity contribution is 0.781. The van der Waals surface area contributed by atoms with Gasteiger partial charge in [0.2, 0.25) is 0 Å². The fourth-order valence-corrected chi connectivity index (χ4v) is 9.14. The van der Waals surface area contributed by atoms with Crippen molar-refractivity contribution in [3.8, 4) is 34.2 Å². The van der Waals surface area contributed by atoms with E-state index in [-0.39, 0.29) is 5.41 Å². The zero-order valence-corrected chi connectivity index (χ0v) is 32.0. The van der Waals surface area contributed by atoms with Crippen LogP contribution in [0.15, 0.2) is 153 Å². The van der Waals surface area contributed by atoms with Crippen molar-refractivity contribution in [2.45, 2.75) is 37.5 Å². The van der Waals surface area contributed by atoms with E-state index in [1.165, 1.54) is 27.8 Å². The van der Waals surface area contributed by atoms with Gasteiger partial charge in [0.25, 0.3) is 0 Å². The van der Waals surface area contributed by atoms with E-state index < -0.39 is 0 Å². The Kier molecular flexibility index (Phi) is 7.89. The summed E-state index contributed by atoms with van der Waals surface area (Å²) >= 11 is 0. The van der Waals surface area contributed by atoms with Crippen LogP contribution in [0, 0.1) is 0 Å². The van der Waals surface area contributed by atoms with Crippen LogP contribution in [0.2, 0.25) is 0 Å². The van der Waals surface area contributed by atoms with Crippen LogP contribution >= 0.6 is 0 Å². The summed E-state index contributed by atoms with van der Waals surface area (Å²) in [6.45, 7) is 6.52. The fourth-order valence-electron chi connectivity index (χ4n) is 9.14. The molecule has 1 saturated carbocycles. The SMILES string of the molecule is C=C(/C=C\C(=C/C)c1nc(-c2ccc(C34CC3c3cccnc3-c3ncccc34)cc2)nc(-c2ccc3c(c2)CCC=C3)n1)c1cc2cccnc2c2ncccc12. The van der Waals surface area contributed by atoms with Gasteiger partial charge in [-0.05, 0) is 102 Å². The van der Waals surface area contributed by atoms with E-state index in [2.05, 4.69) is 103 Å². The van der Waals surface area contributed by atoms with Crippen LogP contribution in [0.25, 0.3) is 73.2 Å². The van der Waals surface area contributed by atoms with Crippen LogP contribution < -0.4 is 0 Å². The Balaban J connectivity index is 0.981. The number of hydrogen-bond acceptors (Lipinski definition) is 7. The number of nitrogens with zero attached hydrogens (tertiary/aromatic N) is 7. The standard InChI is InChI=1S/C51H37N7/c1-3-32(17-16-31(2)41-29-36-12-6-24-52-44(36)45-39(41)13-7-25-53-45)48-56-49(58-50(57-48)37-19-18-33-10-4-5-11-35(33)28-37)34-20-22-38(23-21-34)51-30-43(51)40-14-8-26-54-46(40)47-42(51)15-9-27-55-47/h3-4,6-10,12-29,43H,2,5,11,30H2,1H3/b17-16-,32-3+. The quantitative estimate of drug-likeness (QED) is 0.118. The van der Waals surface area contributed by atoms with Gasteiger partial charge in [-0.25, -0.2) is 15.0 Å². The minimum atomic E-state index is -0.126. The number of hydrogen-bond donors (Lipinski definition) is 0. The number of aryl methyl sites for hydroxylation is 1. The largest absolute Gasteiger partial charge is 0.254 e. The van der Waals surface area contributed by atoms with E-state index in [1.807, 2.05) is 68.1 Å². The molecule has 58 heavy (non-hydrogen) atoms. The molecule has 7 nitrogen and oxygen atoms in total. The van der Waals surface area contributed by atoms with Crippen molar-refractivity contribution in [1.82, 2.24) is 34.9 Å². The van der Waals surface area contributed by atoms with E-state index in [1.54, 1.807) is 0 Å². The number of aromatic nitrogens is 7. The average Bonchev–Trinajstić information content (AvgIpc) is 4.07. The number of allylic oxidation sites excluding steroid dienone is 6. The Morgan fingerprint density at radius 2 is 1.47 bits per heavy atom. The Hall–Kier alpha value is -7.25. The van der Waals surface area contributed by atoms with E-state index in [4.69, 9.17) is 29.9 Å².